The number of carbonyl (C=O) groups excluding carboxylic acids is 1. The average Bonchev–Trinajstić information content (AvgIpc) is 3.00. The van der Waals surface area contributed by atoms with E-state index in [1.54, 1.807) is 0 Å². The van der Waals surface area contributed by atoms with Crippen LogP contribution in [0.3, 0.4) is 0 Å². The lowest BCUT2D eigenvalue weighted by molar-refractivity contribution is -0.318. The summed E-state index contributed by atoms with van der Waals surface area (Å²) in [5.41, 5.74) is 1.84. The fourth-order valence-electron chi connectivity index (χ4n) is 12.8. The molecule has 1 aromatic carbocycles. The van der Waals surface area contributed by atoms with Gasteiger partial charge >= 0.3 is 5.97 Å². The maximum atomic E-state index is 12.7. The van der Waals surface area contributed by atoms with Crippen LogP contribution in [0.4, 0.5) is 0 Å². The SMILES string of the molecule is CC(=O)O[C@H]1[C@@H](OS(C)(=O)=O)[C@]2(C)CC[C@]3(C)C(=CC[C@@H]4[C@@]5(C)CCC6OC(c7ccccc7)OC[C@@]6(C)C5CC[C@]43C)[C@H]2CC1(C)C. The number of ether oxygens (including phenoxy) is 3. The standard InChI is InChI=1S/C40H58O7S/c1-25(41)45-32-33(47-48(9,42)43)36(4)21-22-39(7)27(28(36)23-35(32,2)3)15-16-30-37(5)19-18-31-38(6,29(37)17-20-40(30,39)8)24-44-34(46-31)26-13-11-10-12-14-26/h10-15,28-34H,16-24H2,1-9H3/t28-,29?,30-,31?,32+,33-,34?,36-,37+,38+,39-,40-/m1/s1. The molecule has 1 heterocycles. The Morgan fingerprint density at radius 2 is 1.56 bits per heavy atom. The van der Waals surface area contributed by atoms with E-state index in [2.05, 4.69) is 78.8 Å². The molecule has 1 aromatic rings. The molecule has 7 nitrogen and oxygen atoms in total. The van der Waals surface area contributed by atoms with Crippen LogP contribution in [0.5, 0.6) is 0 Å². The molecule has 3 unspecified atom stereocenters. The van der Waals surface area contributed by atoms with Crippen LogP contribution in [0.25, 0.3) is 0 Å². The Balaban J connectivity index is 1.22. The van der Waals surface area contributed by atoms with Crippen molar-refractivity contribution in [2.75, 3.05) is 12.9 Å². The number of hydrogen-bond donors (Lipinski definition) is 0. The topological polar surface area (TPSA) is 88.1 Å². The molecule has 266 valence electrons. The third kappa shape index (κ3) is 4.96. The zero-order valence-electron chi connectivity index (χ0n) is 30.6. The van der Waals surface area contributed by atoms with E-state index in [0.29, 0.717) is 11.8 Å². The number of rotatable bonds is 4. The fourth-order valence-corrected chi connectivity index (χ4v) is 13.5. The van der Waals surface area contributed by atoms with Gasteiger partial charge in [0.2, 0.25) is 0 Å². The summed E-state index contributed by atoms with van der Waals surface area (Å²) in [7, 11) is -3.79. The van der Waals surface area contributed by atoms with Gasteiger partial charge in [-0.05, 0) is 85.4 Å². The Hall–Kier alpha value is -1.74. The summed E-state index contributed by atoms with van der Waals surface area (Å²) in [6.45, 7) is 18.7. The Labute approximate surface area is 289 Å². The molecule has 48 heavy (non-hydrogen) atoms. The maximum absolute atomic E-state index is 12.7. The summed E-state index contributed by atoms with van der Waals surface area (Å²) in [5.74, 6) is 0.774. The van der Waals surface area contributed by atoms with Gasteiger partial charge in [-0.3, -0.25) is 8.98 Å². The third-order valence-corrected chi connectivity index (χ3v) is 16.1. The number of benzene rings is 1. The summed E-state index contributed by atoms with van der Waals surface area (Å²) in [6, 6.07) is 10.4. The molecular formula is C40H58O7S. The quantitative estimate of drug-likeness (QED) is 0.179. The first-order chi connectivity index (χ1) is 22.3. The van der Waals surface area contributed by atoms with E-state index in [1.807, 2.05) is 6.07 Å². The van der Waals surface area contributed by atoms with Gasteiger partial charge in [-0.25, -0.2) is 0 Å². The Morgan fingerprint density at radius 1 is 0.854 bits per heavy atom. The lowest BCUT2D eigenvalue weighted by Crippen LogP contribution is -2.68. The first-order valence-electron chi connectivity index (χ1n) is 18.4. The molecule has 8 heteroatoms. The molecule has 12 atom stereocenters. The van der Waals surface area contributed by atoms with Crippen LogP contribution >= 0.6 is 0 Å². The number of allylic oxidation sites excluding steroid dienone is 2. The molecule has 0 spiro atoms. The van der Waals surface area contributed by atoms with Crippen molar-refractivity contribution in [3.05, 3.63) is 47.5 Å². The van der Waals surface area contributed by atoms with Crippen molar-refractivity contribution < 1.29 is 31.6 Å². The monoisotopic (exact) mass is 682 g/mol. The van der Waals surface area contributed by atoms with Crippen LogP contribution in [0, 0.1) is 50.2 Å². The number of hydrogen-bond acceptors (Lipinski definition) is 7. The first kappa shape index (κ1) is 34.7. The van der Waals surface area contributed by atoms with Gasteiger partial charge in [0.25, 0.3) is 10.1 Å². The van der Waals surface area contributed by atoms with E-state index >= 15 is 0 Å². The highest BCUT2D eigenvalue weighted by Gasteiger charge is 2.71. The van der Waals surface area contributed by atoms with Gasteiger partial charge in [0.1, 0.15) is 12.2 Å². The van der Waals surface area contributed by atoms with Gasteiger partial charge < -0.3 is 14.2 Å². The lowest BCUT2D eigenvalue weighted by Gasteiger charge is -2.72. The van der Waals surface area contributed by atoms with Gasteiger partial charge in [-0.1, -0.05) is 90.4 Å². The molecule has 1 aliphatic heterocycles. The van der Waals surface area contributed by atoms with Crippen molar-refractivity contribution in [3.63, 3.8) is 0 Å². The normalized spacial score (nSPS) is 48.0. The van der Waals surface area contributed by atoms with Crippen LogP contribution in [-0.2, 0) is 33.3 Å². The molecule has 6 aliphatic rings. The molecule has 5 fully saturated rings. The molecule has 0 aromatic heterocycles. The fraction of sp³-hybridized carbons (Fsp3) is 0.775. The van der Waals surface area contributed by atoms with E-state index in [4.69, 9.17) is 18.4 Å². The maximum Gasteiger partial charge on any atom is 0.303 e. The predicted octanol–water partition coefficient (Wildman–Crippen LogP) is 8.40. The lowest BCUT2D eigenvalue weighted by atomic mass is 9.33. The second-order valence-electron chi connectivity index (χ2n) is 18.5. The van der Waals surface area contributed by atoms with E-state index < -0.39 is 39.1 Å². The highest BCUT2D eigenvalue weighted by Crippen LogP contribution is 2.76. The summed E-state index contributed by atoms with van der Waals surface area (Å²) in [4.78, 5) is 12.3. The predicted molar refractivity (Wildman–Crippen MR) is 185 cm³/mol. The summed E-state index contributed by atoms with van der Waals surface area (Å²) in [5, 5.41) is 0. The smallest absolute Gasteiger partial charge is 0.303 e. The highest BCUT2D eigenvalue weighted by atomic mass is 32.2. The Morgan fingerprint density at radius 3 is 2.23 bits per heavy atom. The van der Waals surface area contributed by atoms with E-state index in [9.17, 15) is 13.2 Å². The van der Waals surface area contributed by atoms with Crippen molar-refractivity contribution in [1.82, 2.24) is 0 Å². The molecule has 0 radical (unpaired) electrons. The van der Waals surface area contributed by atoms with Crippen molar-refractivity contribution in [3.8, 4) is 0 Å². The van der Waals surface area contributed by atoms with Crippen LogP contribution in [-0.4, -0.2) is 45.6 Å². The molecular weight excluding hydrogens is 625 g/mol. The van der Waals surface area contributed by atoms with Gasteiger partial charge in [0.15, 0.2) is 6.29 Å². The van der Waals surface area contributed by atoms with E-state index in [0.717, 1.165) is 69.8 Å². The second-order valence-corrected chi connectivity index (χ2v) is 20.1. The van der Waals surface area contributed by atoms with Crippen molar-refractivity contribution >= 4 is 16.1 Å². The van der Waals surface area contributed by atoms with Crippen molar-refractivity contribution in [2.45, 2.75) is 131 Å². The molecule has 0 amide bonds. The second kappa shape index (κ2) is 11.1. The largest absolute Gasteiger partial charge is 0.459 e. The molecule has 4 saturated carbocycles. The summed E-state index contributed by atoms with van der Waals surface area (Å²) < 4.78 is 50.7. The zero-order chi connectivity index (χ0) is 34.7. The first-order valence-corrected chi connectivity index (χ1v) is 20.2. The van der Waals surface area contributed by atoms with Gasteiger partial charge in [0.05, 0.1) is 19.0 Å². The van der Waals surface area contributed by atoms with Gasteiger partial charge in [-0.2, -0.15) is 8.42 Å². The van der Waals surface area contributed by atoms with Crippen LogP contribution < -0.4 is 0 Å². The van der Waals surface area contributed by atoms with Gasteiger partial charge in [-0.15, -0.1) is 0 Å². The summed E-state index contributed by atoms with van der Waals surface area (Å²) in [6.07, 6.45) is 10.3. The van der Waals surface area contributed by atoms with Crippen LogP contribution in [0.1, 0.15) is 119 Å². The minimum absolute atomic E-state index is 0.0240. The highest BCUT2D eigenvalue weighted by molar-refractivity contribution is 7.86. The molecule has 1 saturated heterocycles. The number of esters is 1. The van der Waals surface area contributed by atoms with E-state index in [-0.39, 0.29) is 40.0 Å². The minimum Gasteiger partial charge on any atom is -0.459 e. The van der Waals surface area contributed by atoms with E-state index in [1.165, 1.54) is 12.5 Å². The molecule has 0 N–H and O–H groups in total. The molecule has 7 rings (SSSR count). The summed E-state index contributed by atoms with van der Waals surface area (Å²) >= 11 is 0. The van der Waals surface area contributed by atoms with Gasteiger partial charge in [0, 0.05) is 28.7 Å². The number of fused-ring (bicyclic) bond motifs is 9. The average molecular weight is 683 g/mol. The van der Waals surface area contributed by atoms with Crippen LogP contribution in [0.2, 0.25) is 0 Å². The molecule has 0 bridgehead atoms. The van der Waals surface area contributed by atoms with Crippen molar-refractivity contribution in [2.24, 2.45) is 50.2 Å². The number of carbonyl (C=O) groups is 1. The molecule has 5 aliphatic carbocycles. The Kier molecular flexibility index (Phi) is 8.04. The minimum atomic E-state index is -3.79. The zero-order valence-corrected chi connectivity index (χ0v) is 31.5. The Bertz CT molecular complexity index is 1590. The van der Waals surface area contributed by atoms with Crippen LogP contribution in [0.15, 0.2) is 42.0 Å². The van der Waals surface area contributed by atoms with Crippen molar-refractivity contribution in [1.29, 1.82) is 0 Å². The third-order valence-electron chi connectivity index (χ3n) is 15.5.